The van der Waals surface area contributed by atoms with Gasteiger partial charge in [-0.15, -0.1) is 5.10 Å². The van der Waals surface area contributed by atoms with Crippen LogP contribution in [0, 0.1) is 0 Å². The lowest BCUT2D eigenvalue weighted by Crippen LogP contribution is -2.11. The zero-order chi connectivity index (χ0) is 12.8. The van der Waals surface area contributed by atoms with Gasteiger partial charge in [0.2, 0.25) is 0 Å². The minimum absolute atomic E-state index is 0.847. The molecule has 0 aliphatic rings. The van der Waals surface area contributed by atoms with Crippen LogP contribution in [0.2, 0.25) is 0 Å². The molecule has 0 aliphatic heterocycles. The molecule has 1 aromatic heterocycles. The zero-order valence-electron chi connectivity index (χ0n) is 10.9. The molecule has 96 valence electrons. The molecule has 3 nitrogen and oxygen atoms in total. The van der Waals surface area contributed by atoms with Crippen LogP contribution in [-0.2, 0) is 13.0 Å². The molecular formula is C14H19N3S. The van der Waals surface area contributed by atoms with E-state index in [1.807, 2.05) is 0 Å². The number of rotatable bonds is 6. The van der Waals surface area contributed by atoms with Crippen molar-refractivity contribution in [1.29, 1.82) is 0 Å². The summed E-state index contributed by atoms with van der Waals surface area (Å²) in [5.74, 6) is 0. The maximum atomic E-state index is 4.24. The molecule has 1 heterocycles. The second-order valence-electron chi connectivity index (χ2n) is 4.27. The summed E-state index contributed by atoms with van der Waals surface area (Å²) < 4.78 is 4.06. The monoisotopic (exact) mass is 261 g/mol. The SMILES string of the molecule is CCCc1ccc(-c2nnsc2CNCC)cc1. The summed E-state index contributed by atoms with van der Waals surface area (Å²) in [7, 11) is 0. The van der Waals surface area contributed by atoms with Crippen LogP contribution in [0.25, 0.3) is 11.3 Å². The molecule has 0 atom stereocenters. The van der Waals surface area contributed by atoms with Crippen LogP contribution < -0.4 is 5.32 Å². The lowest BCUT2D eigenvalue weighted by molar-refractivity contribution is 0.735. The van der Waals surface area contributed by atoms with Crippen molar-refractivity contribution in [3.05, 3.63) is 34.7 Å². The van der Waals surface area contributed by atoms with Crippen molar-refractivity contribution in [3.63, 3.8) is 0 Å². The van der Waals surface area contributed by atoms with Crippen LogP contribution >= 0.6 is 11.5 Å². The first-order chi connectivity index (χ1) is 8.85. The minimum atomic E-state index is 0.847. The normalized spacial score (nSPS) is 10.8. The highest BCUT2D eigenvalue weighted by Gasteiger charge is 2.09. The van der Waals surface area contributed by atoms with E-state index in [1.165, 1.54) is 28.4 Å². The van der Waals surface area contributed by atoms with Gasteiger partial charge in [-0.2, -0.15) is 0 Å². The van der Waals surface area contributed by atoms with Gasteiger partial charge in [-0.05, 0) is 30.1 Å². The highest BCUT2D eigenvalue weighted by Crippen LogP contribution is 2.24. The molecule has 2 rings (SSSR count). The highest BCUT2D eigenvalue weighted by atomic mass is 32.1. The molecule has 4 heteroatoms. The summed E-state index contributed by atoms with van der Waals surface area (Å²) in [5.41, 5.74) is 3.57. The van der Waals surface area contributed by atoms with Crippen LogP contribution in [0.4, 0.5) is 0 Å². The number of benzene rings is 1. The Morgan fingerprint density at radius 1 is 1.17 bits per heavy atom. The Morgan fingerprint density at radius 2 is 1.94 bits per heavy atom. The molecule has 1 N–H and O–H groups in total. The first-order valence-corrected chi connectivity index (χ1v) is 7.23. The van der Waals surface area contributed by atoms with E-state index in [0.29, 0.717) is 0 Å². The van der Waals surface area contributed by atoms with Crippen LogP contribution in [-0.4, -0.2) is 16.1 Å². The van der Waals surface area contributed by atoms with Gasteiger partial charge in [-0.1, -0.05) is 49.0 Å². The maximum absolute atomic E-state index is 4.24. The molecule has 0 aliphatic carbocycles. The third kappa shape index (κ3) is 3.15. The molecule has 0 radical (unpaired) electrons. The summed E-state index contributed by atoms with van der Waals surface area (Å²) in [6.45, 7) is 6.12. The van der Waals surface area contributed by atoms with Crippen molar-refractivity contribution in [3.8, 4) is 11.3 Å². The number of aromatic nitrogens is 2. The molecule has 0 bridgehead atoms. The predicted molar refractivity (Wildman–Crippen MR) is 76.7 cm³/mol. The van der Waals surface area contributed by atoms with Gasteiger partial charge in [0.05, 0.1) is 4.88 Å². The first kappa shape index (κ1) is 13.2. The van der Waals surface area contributed by atoms with E-state index in [9.17, 15) is 0 Å². The molecule has 0 amide bonds. The molecule has 0 spiro atoms. The van der Waals surface area contributed by atoms with Gasteiger partial charge in [0.15, 0.2) is 0 Å². The quantitative estimate of drug-likeness (QED) is 0.867. The topological polar surface area (TPSA) is 37.8 Å². The number of hydrogen-bond acceptors (Lipinski definition) is 4. The van der Waals surface area contributed by atoms with Crippen molar-refractivity contribution < 1.29 is 0 Å². The fourth-order valence-corrected chi connectivity index (χ4v) is 2.53. The van der Waals surface area contributed by atoms with Gasteiger partial charge >= 0.3 is 0 Å². The van der Waals surface area contributed by atoms with Crippen molar-refractivity contribution in [2.24, 2.45) is 0 Å². The molecule has 0 unspecified atom stereocenters. The number of hydrogen-bond donors (Lipinski definition) is 1. The second kappa shape index (κ2) is 6.61. The average molecular weight is 261 g/mol. The average Bonchev–Trinajstić information content (AvgIpc) is 2.86. The fraction of sp³-hybridized carbons (Fsp3) is 0.429. The summed E-state index contributed by atoms with van der Waals surface area (Å²) in [4.78, 5) is 1.21. The summed E-state index contributed by atoms with van der Waals surface area (Å²) in [6.07, 6.45) is 2.32. The van der Waals surface area contributed by atoms with Gasteiger partial charge in [0.1, 0.15) is 5.69 Å². The van der Waals surface area contributed by atoms with E-state index in [1.54, 1.807) is 0 Å². The van der Waals surface area contributed by atoms with E-state index >= 15 is 0 Å². The second-order valence-corrected chi connectivity index (χ2v) is 5.11. The Labute approximate surface area is 112 Å². The van der Waals surface area contributed by atoms with Gasteiger partial charge in [0.25, 0.3) is 0 Å². The maximum Gasteiger partial charge on any atom is 0.110 e. The summed E-state index contributed by atoms with van der Waals surface area (Å²) in [5, 5.41) is 7.57. The zero-order valence-corrected chi connectivity index (χ0v) is 11.8. The van der Waals surface area contributed by atoms with Gasteiger partial charge in [-0.25, -0.2) is 0 Å². The number of nitrogens with one attached hydrogen (secondary N) is 1. The number of aryl methyl sites for hydroxylation is 1. The van der Waals surface area contributed by atoms with E-state index < -0.39 is 0 Å². The lowest BCUT2D eigenvalue weighted by atomic mass is 10.1. The van der Waals surface area contributed by atoms with Crippen molar-refractivity contribution in [1.82, 2.24) is 14.9 Å². The summed E-state index contributed by atoms with van der Waals surface area (Å²) >= 11 is 1.48. The van der Waals surface area contributed by atoms with E-state index in [-0.39, 0.29) is 0 Å². The van der Waals surface area contributed by atoms with Crippen LogP contribution in [0.1, 0.15) is 30.7 Å². The predicted octanol–water partition coefficient (Wildman–Crippen LogP) is 3.27. The van der Waals surface area contributed by atoms with Crippen molar-refractivity contribution in [2.75, 3.05) is 6.54 Å². The Kier molecular flexibility index (Phi) is 4.84. The smallest absolute Gasteiger partial charge is 0.110 e. The molecule has 2 aromatic rings. The Morgan fingerprint density at radius 3 is 2.61 bits per heavy atom. The van der Waals surface area contributed by atoms with Crippen LogP contribution in [0.15, 0.2) is 24.3 Å². The van der Waals surface area contributed by atoms with Gasteiger partial charge in [-0.3, -0.25) is 0 Å². The largest absolute Gasteiger partial charge is 0.312 e. The third-order valence-corrected chi connectivity index (χ3v) is 3.58. The highest BCUT2D eigenvalue weighted by molar-refractivity contribution is 7.05. The van der Waals surface area contributed by atoms with Crippen molar-refractivity contribution in [2.45, 2.75) is 33.2 Å². The Balaban J connectivity index is 2.17. The summed E-state index contributed by atoms with van der Waals surface area (Å²) in [6, 6.07) is 8.68. The standard InChI is InChI=1S/C14H19N3S/c1-3-5-11-6-8-12(9-7-11)14-13(10-15-4-2)18-17-16-14/h6-9,15H,3-5,10H2,1-2H3. The van der Waals surface area contributed by atoms with E-state index in [2.05, 4.69) is 53.0 Å². The van der Waals surface area contributed by atoms with Crippen molar-refractivity contribution >= 4 is 11.5 Å². The molecule has 0 saturated heterocycles. The van der Waals surface area contributed by atoms with Gasteiger partial charge < -0.3 is 5.32 Å². The Bertz CT molecular complexity index is 476. The molecule has 1 aromatic carbocycles. The van der Waals surface area contributed by atoms with E-state index in [4.69, 9.17) is 0 Å². The first-order valence-electron chi connectivity index (χ1n) is 6.46. The van der Waals surface area contributed by atoms with E-state index in [0.717, 1.165) is 30.8 Å². The third-order valence-electron chi connectivity index (χ3n) is 2.86. The molecule has 0 saturated carbocycles. The van der Waals surface area contributed by atoms with Crippen LogP contribution in [0.5, 0.6) is 0 Å². The lowest BCUT2D eigenvalue weighted by Gasteiger charge is -2.03. The Hall–Kier alpha value is -1.26. The molecule has 18 heavy (non-hydrogen) atoms. The fourth-order valence-electron chi connectivity index (χ4n) is 1.90. The van der Waals surface area contributed by atoms with Crippen LogP contribution in [0.3, 0.4) is 0 Å². The van der Waals surface area contributed by atoms with Gasteiger partial charge in [0, 0.05) is 12.1 Å². The molecule has 0 fully saturated rings. The number of nitrogens with zero attached hydrogens (tertiary/aromatic N) is 2. The minimum Gasteiger partial charge on any atom is -0.312 e. The molecular weight excluding hydrogens is 242 g/mol.